The molecule has 0 saturated heterocycles. The van der Waals surface area contributed by atoms with Crippen LogP contribution in [-0.2, 0) is 18.4 Å². The fourth-order valence-corrected chi connectivity index (χ4v) is 3.50. The molecule has 0 fully saturated rings. The number of hydrogen-bond donors (Lipinski definition) is 1. The fourth-order valence-electron chi connectivity index (χ4n) is 2.54. The zero-order valence-corrected chi connectivity index (χ0v) is 16.5. The van der Waals surface area contributed by atoms with Crippen LogP contribution in [0.4, 0.5) is 0 Å². The molecule has 1 N–H and O–H groups in total. The summed E-state index contributed by atoms with van der Waals surface area (Å²) in [4.78, 5) is 12.2. The standard InChI is InChI=1S/C19H19ClN4O2S/c1-24-18(14-8-4-5-9-15(14)20)22-23-19(24)27-12-17(25)21-11-13-7-3-6-10-16(13)26-2/h3-10H,11-12H2,1-2H3,(H,21,25). The Morgan fingerprint density at radius 3 is 2.70 bits per heavy atom. The van der Waals surface area contributed by atoms with Gasteiger partial charge in [-0.3, -0.25) is 4.79 Å². The van der Waals surface area contributed by atoms with E-state index in [-0.39, 0.29) is 11.7 Å². The highest BCUT2D eigenvalue weighted by Crippen LogP contribution is 2.28. The van der Waals surface area contributed by atoms with Crippen LogP contribution in [0.2, 0.25) is 5.02 Å². The Morgan fingerprint density at radius 2 is 1.93 bits per heavy atom. The molecule has 27 heavy (non-hydrogen) atoms. The van der Waals surface area contributed by atoms with Gasteiger partial charge in [0.2, 0.25) is 5.91 Å². The first-order chi connectivity index (χ1) is 13.1. The van der Waals surface area contributed by atoms with E-state index in [1.165, 1.54) is 11.8 Å². The van der Waals surface area contributed by atoms with Crippen LogP contribution >= 0.6 is 23.4 Å². The summed E-state index contributed by atoms with van der Waals surface area (Å²) < 4.78 is 7.12. The number of carbonyl (C=O) groups is 1. The van der Waals surface area contributed by atoms with Gasteiger partial charge in [-0.1, -0.05) is 53.7 Å². The van der Waals surface area contributed by atoms with Crippen molar-refractivity contribution in [3.63, 3.8) is 0 Å². The van der Waals surface area contributed by atoms with Crippen molar-refractivity contribution < 1.29 is 9.53 Å². The lowest BCUT2D eigenvalue weighted by atomic mass is 10.2. The van der Waals surface area contributed by atoms with Crippen LogP contribution in [0.3, 0.4) is 0 Å². The molecule has 0 aliphatic carbocycles. The third kappa shape index (κ3) is 4.61. The SMILES string of the molecule is COc1ccccc1CNC(=O)CSc1nnc(-c2ccccc2Cl)n1C. The van der Waals surface area contributed by atoms with Gasteiger partial charge < -0.3 is 14.6 Å². The Labute approximate surface area is 166 Å². The molecule has 0 atom stereocenters. The topological polar surface area (TPSA) is 69.0 Å². The van der Waals surface area contributed by atoms with Gasteiger partial charge >= 0.3 is 0 Å². The summed E-state index contributed by atoms with van der Waals surface area (Å²) in [5, 5.41) is 12.5. The average Bonchev–Trinajstić information content (AvgIpc) is 3.05. The van der Waals surface area contributed by atoms with E-state index in [1.807, 2.05) is 60.1 Å². The molecule has 8 heteroatoms. The summed E-state index contributed by atoms with van der Waals surface area (Å²) in [5.74, 6) is 1.57. The van der Waals surface area contributed by atoms with E-state index in [0.29, 0.717) is 22.5 Å². The number of halogens is 1. The van der Waals surface area contributed by atoms with Crippen LogP contribution < -0.4 is 10.1 Å². The molecule has 0 aliphatic rings. The zero-order chi connectivity index (χ0) is 19.2. The molecule has 0 aliphatic heterocycles. The van der Waals surface area contributed by atoms with E-state index < -0.39 is 0 Å². The van der Waals surface area contributed by atoms with Crippen LogP contribution in [0.1, 0.15) is 5.56 Å². The van der Waals surface area contributed by atoms with Gasteiger partial charge in [0.05, 0.1) is 17.9 Å². The number of benzene rings is 2. The van der Waals surface area contributed by atoms with Crippen molar-refractivity contribution >= 4 is 29.3 Å². The van der Waals surface area contributed by atoms with Crippen molar-refractivity contribution in [2.24, 2.45) is 7.05 Å². The molecular formula is C19H19ClN4O2S. The number of carbonyl (C=O) groups excluding carboxylic acids is 1. The fraction of sp³-hybridized carbons (Fsp3) is 0.211. The van der Waals surface area contributed by atoms with Crippen molar-refractivity contribution in [2.75, 3.05) is 12.9 Å². The van der Waals surface area contributed by atoms with Crippen molar-refractivity contribution in [1.82, 2.24) is 20.1 Å². The Morgan fingerprint density at radius 1 is 1.19 bits per heavy atom. The number of methoxy groups -OCH3 is 1. The number of aromatic nitrogens is 3. The van der Waals surface area contributed by atoms with Gasteiger partial charge in [0.1, 0.15) is 5.75 Å². The van der Waals surface area contributed by atoms with E-state index in [9.17, 15) is 4.79 Å². The third-order valence-electron chi connectivity index (χ3n) is 3.95. The smallest absolute Gasteiger partial charge is 0.230 e. The quantitative estimate of drug-likeness (QED) is 0.612. The van der Waals surface area contributed by atoms with Gasteiger partial charge in [-0.2, -0.15) is 0 Å². The first-order valence-corrected chi connectivity index (χ1v) is 9.62. The molecule has 1 aromatic heterocycles. The molecule has 140 valence electrons. The summed E-state index contributed by atoms with van der Waals surface area (Å²) in [6.07, 6.45) is 0. The maximum atomic E-state index is 12.2. The van der Waals surface area contributed by atoms with E-state index >= 15 is 0 Å². The maximum absolute atomic E-state index is 12.2. The second-order valence-corrected chi connectivity index (χ2v) is 7.07. The average molecular weight is 403 g/mol. The Kier molecular flexibility index (Phi) is 6.36. The first-order valence-electron chi connectivity index (χ1n) is 8.26. The molecule has 0 radical (unpaired) electrons. The van der Waals surface area contributed by atoms with Crippen molar-refractivity contribution in [1.29, 1.82) is 0 Å². The predicted octanol–water partition coefficient (Wildman–Crippen LogP) is 3.55. The minimum atomic E-state index is -0.0896. The van der Waals surface area contributed by atoms with Crippen LogP contribution in [0.15, 0.2) is 53.7 Å². The Balaban J connectivity index is 1.59. The van der Waals surface area contributed by atoms with E-state index in [4.69, 9.17) is 16.3 Å². The molecule has 3 aromatic rings. The van der Waals surface area contributed by atoms with Gasteiger partial charge in [-0.25, -0.2) is 0 Å². The minimum absolute atomic E-state index is 0.0896. The molecule has 3 rings (SSSR count). The van der Waals surface area contributed by atoms with Crippen molar-refractivity contribution in [3.8, 4) is 17.1 Å². The molecule has 0 spiro atoms. The highest BCUT2D eigenvalue weighted by atomic mass is 35.5. The van der Waals surface area contributed by atoms with Gasteiger partial charge in [0.15, 0.2) is 11.0 Å². The van der Waals surface area contributed by atoms with Crippen LogP contribution in [0.5, 0.6) is 5.75 Å². The molecule has 1 amide bonds. The van der Waals surface area contributed by atoms with Gasteiger partial charge in [0.25, 0.3) is 0 Å². The Bertz CT molecular complexity index is 945. The normalized spacial score (nSPS) is 10.6. The van der Waals surface area contributed by atoms with E-state index in [1.54, 1.807) is 7.11 Å². The molecule has 2 aromatic carbocycles. The summed E-state index contributed by atoms with van der Waals surface area (Å²) in [6.45, 7) is 0.410. The number of para-hydroxylation sites is 1. The largest absolute Gasteiger partial charge is 0.496 e. The summed E-state index contributed by atoms with van der Waals surface area (Å²) >= 11 is 7.55. The highest BCUT2D eigenvalue weighted by Gasteiger charge is 2.15. The monoisotopic (exact) mass is 402 g/mol. The molecule has 0 bridgehead atoms. The van der Waals surface area contributed by atoms with Crippen LogP contribution in [-0.4, -0.2) is 33.5 Å². The third-order valence-corrected chi connectivity index (χ3v) is 5.30. The second-order valence-electron chi connectivity index (χ2n) is 5.72. The molecule has 6 nitrogen and oxygen atoms in total. The van der Waals surface area contributed by atoms with Gasteiger partial charge in [0, 0.05) is 24.7 Å². The van der Waals surface area contributed by atoms with Crippen LogP contribution in [0.25, 0.3) is 11.4 Å². The number of thioether (sulfide) groups is 1. The van der Waals surface area contributed by atoms with Crippen molar-refractivity contribution in [2.45, 2.75) is 11.7 Å². The van der Waals surface area contributed by atoms with Crippen LogP contribution in [0, 0.1) is 0 Å². The first kappa shape index (κ1) is 19.3. The molecule has 0 saturated carbocycles. The lowest BCUT2D eigenvalue weighted by molar-refractivity contribution is -0.118. The van der Waals surface area contributed by atoms with E-state index in [2.05, 4.69) is 15.5 Å². The highest BCUT2D eigenvalue weighted by molar-refractivity contribution is 7.99. The minimum Gasteiger partial charge on any atom is -0.496 e. The summed E-state index contributed by atoms with van der Waals surface area (Å²) in [6, 6.07) is 15.1. The van der Waals surface area contributed by atoms with Gasteiger partial charge in [-0.15, -0.1) is 10.2 Å². The number of nitrogens with one attached hydrogen (secondary N) is 1. The summed E-state index contributed by atoms with van der Waals surface area (Å²) in [5.41, 5.74) is 1.74. The predicted molar refractivity (Wildman–Crippen MR) is 107 cm³/mol. The molecular weight excluding hydrogens is 384 g/mol. The zero-order valence-electron chi connectivity index (χ0n) is 15.0. The maximum Gasteiger partial charge on any atom is 0.230 e. The second kappa shape index (κ2) is 8.92. The number of hydrogen-bond acceptors (Lipinski definition) is 5. The number of rotatable bonds is 7. The number of amides is 1. The molecule has 0 unspecified atom stereocenters. The van der Waals surface area contributed by atoms with Gasteiger partial charge in [-0.05, 0) is 18.2 Å². The number of ether oxygens (including phenoxy) is 1. The lowest BCUT2D eigenvalue weighted by Crippen LogP contribution is -2.25. The van der Waals surface area contributed by atoms with Crippen molar-refractivity contribution in [3.05, 3.63) is 59.1 Å². The Hall–Kier alpha value is -2.51. The molecule has 1 heterocycles. The lowest BCUT2D eigenvalue weighted by Gasteiger charge is -2.09. The summed E-state index contributed by atoms with van der Waals surface area (Å²) in [7, 11) is 3.47. The van der Waals surface area contributed by atoms with E-state index in [0.717, 1.165) is 16.9 Å². The number of nitrogens with zero attached hydrogens (tertiary/aromatic N) is 3.